The van der Waals surface area contributed by atoms with Crippen LogP contribution in [0.4, 0.5) is 13.2 Å². The maximum atomic E-state index is 12.8. The largest absolute Gasteiger partial charge is 0.493 e. The third-order valence-corrected chi connectivity index (χ3v) is 5.32. The number of hydrogen-bond acceptors (Lipinski definition) is 7. The van der Waals surface area contributed by atoms with E-state index in [1.165, 1.54) is 49.3 Å². The summed E-state index contributed by atoms with van der Waals surface area (Å²) in [4.78, 5) is 0.494. The van der Waals surface area contributed by atoms with Crippen molar-refractivity contribution in [1.82, 2.24) is 19.8 Å². The van der Waals surface area contributed by atoms with Crippen molar-refractivity contribution in [1.29, 1.82) is 0 Å². The fourth-order valence-electron chi connectivity index (χ4n) is 2.93. The number of fused-ring (bicyclic) bond motifs is 1. The van der Waals surface area contributed by atoms with Crippen LogP contribution in [0.3, 0.4) is 0 Å². The summed E-state index contributed by atoms with van der Waals surface area (Å²) in [5.74, 6) is 1.74. The third-order valence-electron chi connectivity index (χ3n) is 4.37. The smallest absolute Gasteiger partial charge is 0.416 e. The highest BCUT2D eigenvalue weighted by molar-refractivity contribution is 7.19. The van der Waals surface area contributed by atoms with Gasteiger partial charge in [0.05, 0.1) is 26.9 Å². The molecule has 7 nitrogen and oxygen atoms in total. The molecule has 2 aromatic heterocycles. The van der Waals surface area contributed by atoms with E-state index in [0.29, 0.717) is 44.2 Å². The van der Waals surface area contributed by atoms with Gasteiger partial charge in [0.15, 0.2) is 17.3 Å². The summed E-state index contributed by atoms with van der Waals surface area (Å²) in [6, 6.07) is 8.21. The summed E-state index contributed by atoms with van der Waals surface area (Å²) in [5.41, 5.74) is 0.444. The summed E-state index contributed by atoms with van der Waals surface area (Å²) in [6.07, 6.45) is -4.40. The second kappa shape index (κ2) is 7.48. The minimum absolute atomic E-state index is 0.341. The van der Waals surface area contributed by atoms with E-state index in [4.69, 9.17) is 14.2 Å². The molecule has 0 saturated heterocycles. The monoisotopic (exact) mass is 436 g/mol. The van der Waals surface area contributed by atoms with Crippen LogP contribution in [0.15, 0.2) is 36.4 Å². The number of aromatic nitrogens is 4. The van der Waals surface area contributed by atoms with Crippen molar-refractivity contribution in [3.05, 3.63) is 42.0 Å². The van der Waals surface area contributed by atoms with Crippen LogP contribution >= 0.6 is 11.3 Å². The summed E-state index contributed by atoms with van der Waals surface area (Å²) in [7, 11) is 4.55. The van der Waals surface area contributed by atoms with E-state index in [1.54, 1.807) is 12.1 Å². The van der Waals surface area contributed by atoms with Gasteiger partial charge >= 0.3 is 6.18 Å². The minimum Gasteiger partial charge on any atom is -0.493 e. The molecule has 0 aliphatic rings. The fraction of sp³-hybridized carbons (Fsp3) is 0.211. The van der Waals surface area contributed by atoms with Gasteiger partial charge in [-0.15, -0.1) is 10.2 Å². The molecule has 0 saturated carbocycles. The molecule has 2 aromatic carbocycles. The Morgan fingerprint density at radius 1 is 0.867 bits per heavy atom. The summed E-state index contributed by atoms with van der Waals surface area (Å²) >= 11 is 1.27. The molecule has 0 bridgehead atoms. The Hall–Kier alpha value is -3.34. The molecule has 11 heteroatoms. The Morgan fingerprint density at radius 2 is 1.50 bits per heavy atom. The van der Waals surface area contributed by atoms with Gasteiger partial charge in [-0.2, -0.15) is 22.8 Å². The van der Waals surface area contributed by atoms with Gasteiger partial charge in [0.2, 0.25) is 10.7 Å². The number of hydrogen-bond donors (Lipinski definition) is 0. The minimum atomic E-state index is -4.40. The third kappa shape index (κ3) is 3.41. The summed E-state index contributed by atoms with van der Waals surface area (Å²) < 4.78 is 56.0. The molecule has 0 fully saturated rings. The Bertz CT molecular complexity index is 1180. The average molecular weight is 436 g/mol. The molecular weight excluding hydrogens is 421 g/mol. The lowest BCUT2D eigenvalue weighted by Gasteiger charge is -2.13. The molecule has 0 atom stereocenters. The molecule has 4 rings (SSSR count). The zero-order valence-electron chi connectivity index (χ0n) is 16.0. The molecule has 0 radical (unpaired) electrons. The van der Waals surface area contributed by atoms with Gasteiger partial charge in [0, 0.05) is 11.1 Å². The van der Waals surface area contributed by atoms with Gasteiger partial charge in [-0.1, -0.05) is 23.5 Å². The van der Waals surface area contributed by atoms with Gasteiger partial charge < -0.3 is 14.2 Å². The first-order chi connectivity index (χ1) is 14.4. The number of alkyl halides is 3. The van der Waals surface area contributed by atoms with E-state index in [-0.39, 0.29) is 0 Å². The van der Waals surface area contributed by atoms with Gasteiger partial charge in [0.25, 0.3) is 0 Å². The predicted molar refractivity (Wildman–Crippen MR) is 104 cm³/mol. The van der Waals surface area contributed by atoms with E-state index in [9.17, 15) is 13.2 Å². The highest BCUT2D eigenvalue weighted by Gasteiger charge is 2.30. The first-order valence-corrected chi connectivity index (χ1v) is 9.37. The first kappa shape index (κ1) is 20.0. The maximum absolute atomic E-state index is 12.8. The highest BCUT2D eigenvalue weighted by atomic mass is 32.1. The molecule has 30 heavy (non-hydrogen) atoms. The number of ether oxygens (including phenoxy) is 3. The molecule has 0 N–H and O–H groups in total. The van der Waals surface area contributed by atoms with E-state index in [2.05, 4.69) is 15.3 Å². The van der Waals surface area contributed by atoms with Crippen molar-refractivity contribution in [2.75, 3.05) is 21.3 Å². The van der Waals surface area contributed by atoms with Crippen molar-refractivity contribution in [3.8, 4) is 39.2 Å². The highest BCUT2D eigenvalue weighted by Crippen LogP contribution is 2.42. The van der Waals surface area contributed by atoms with Crippen molar-refractivity contribution < 1.29 is 27.4 Å². The molecular formula is C19H15F3N4O3S. The van der Waals surface area contributed by atoms with Crippen LogP contribution < -0.4 is 14.2 Å². The molecule has 0 amide bonds. The zero-order valence-corrected chi connectivity index (χ0v) is 16.8. The number of methoxy groups -OCH3 is 3. The van der Waals surface area contributed by atoms with Crippen molar-refractivity contribution >= 4 is 16.3 Å². The van der Waals surface area contributed by atoms with Crippen molar-refractivity contribution in [2.24, 2.45) is 0 Å². The van der Waals surface area contributed by atoms with Crippen molar-refractivity contribution in [2.45, 2.75) is 6.18 Å². The molecule has 0 spiro atoms. The maximum Gasteiger partial charge on any atom is 0.416 e. The van der Waals surface area contributed by atoms with Gasteiger partial charge in [-0.05, 0) is 24.3 Å². The summed E-state index contributed by atoms with van der Waals surface area (Å²) in [5, 5.41) is 13.3. The second-order valence-electron chi connectivity index (χ2n) is 6.11. The molecule has 2 heterocycles. The standard InChI is InChI=1S/C19H15F3N4O3S/c1-27-13-8-11(9-14(28-2)15(13)29-3)17-25-26-16(23-24-18(26)30-17)10-4-6-12(7-5-10)19(20,21)22/h4-9H,1-3H3. The SMILES string of the molecule is COc1cc(-c2nn3c(-c4ccc(C(F)(F)F)cc4)nnc3s2)cc(OC)c1OC. The molecule has 0 unspecified atom stereocenters. The fourth-order valence-corrected chi connectivity index (χ4v) is 3.75. The predicted octanol–water partition coefficient (Wildman–Crippen LogP) is 4.56. The van der Waals surface area contributed by atoms with Crippen molar-refractivity contribution in [3.63, 3.8) is 0 Å². The van der Waals surface area contributed by atoms with Crippen LogP contribution in [0.5, 0.6) is 17.2 Å². The topological polar surface area (TPSA) is 70.8 Å². The normalized spacial score (nSPS) is 11.7. The van der Waals surface area contributed by atoms with Gasteiger partial charge in [-0.25, -0.2) is 0 Å². The van der Waals surface area contributed by atoms with Crippen LogP contribution in [-0.4, -0.2) is 41.1 Å². The van der Waals surface area contributed by atoms with Gasteiger partial charge in [-0.3, -0.25) is 0 Å². The number of rotatable bonds is 5. The lowest BCUT2D eigenvalue weighted by molar-refractivity contribution is -0.137. The van der Waals surface area contributed by atoms with E-state index in [1.807, 2.05) is 0 Å². The average Bonchev–Trinajstić information content (AvgIpc) is 3.33. The molecule has 0 aliphatic carbocycles. The Kier molecular flexibility index (Phi) is 4.98. The van der Waals surface area contributed by atoms with Crippen LogP contribution in [0.2, 0.25) is 0 Å². The lowest BCUT2D eigenvalue weighted by Crippen LogP contribution is -2.04. The second-order valence-corrected chi connectivity index (χ2v) is 7.07. The molecule has 0 aliphatic heterocycles. The van der Waals surface area contributed by atoms with E-state index in [0.717, 1.165) is 12.1 Å². The first-order valence-electron chi connectivity index (χ1n) is 8.56. The quantitative estimate of drug-likeness (QED) is 0.457. The Morgan fingerprint density at radius 3 is 2.03 bits per heavy atom. The molecule has 156 valence electrons. The lowest BCUT2D eigenvalue weighted by atomic mass is 10.1. The zero-order chi connectivity index (χ0) is 21.5. The van der Waals surface area contributed by atoms with Crippen LogP contribution in [0.1, 0.15) is 5.56 Å². The summed E-state index contributed by atoms with van der Waals surface area (Å²) in [6.45, 7) is 0. The molecule has 4 aromatic rings. The van der Waals surface area contributed by atoms with Crippen LogP contribution in [0, 0.1) is 0 Å². The van der Waals surface area contributed by atoms with Crippen LogP contribution in [0.25, 0.3) is 26.9 Å². The van der Waals surface area contributed by atoms with Crippen LogP contribution in [-0.2, 0) is 6.18 Å². The van der Waals surface area contributed by atoms with E-state index < -0.39 is 11.7 Å². The number of halogens is 3. The number of nitrogens with zero attached hydrogens (tertiary/aromatic N) is 4. The van der Waals surface area contributed by atoms with E-state index >= 15 is 0 Å². The Balaban J connectivity index is 1.77. The van der Waals surface area contributed by atoms with Gasteiger partial charge in [0.1, 0.15) is 5.01 Å². The Labute approximate surface area is 172 Å². The number of benzene rings is 2.